The van der Waals surface area contributed by atoms with Crippen molar-refractivity contribution in [3.63, 3.8) is 0 Å². The number of hydrogen-bond donors (Lipinski definition) is 2. The highest BCUT2D eigenvalue weighted by Crippen LogP contribution is 2.16. The smallest absolute Gasteiger partial charge is 0.221 e. The highest BCUT2D eigenvalue weighted by atomic mass is 35.5. The van der Waals surface area contributed by atoms with Gasteiger partial charge in [-0.2, -0.15) is 4.99 Å². The van der Waals surface area contributed by atoms with E-state index in [0.717, 1.165) is 45.4 Å². The lowest BCUT2D eigenvalue weighted by molar-refractivity contribution is 0.0576. The molecule has 0 spiro atoms. The molecule has 2 aliphatic heterocycles. The molecule has 0 aromatic carbocycles. The van der Waals surface area contributed by atoms with Crippen molar-refractivity contribution in [2.75, 3.05) is 33.3 Å². The number of hydrogen-bond acceptors (Lipinski definition) is 2. The SMILES string of the molecule is COC1CCN(C(N)=NC(=N)N2CCCC(C)C2)CC1.Cl. The summed E-state index contributed by atoms with van der Waals surface area (Å²) in [5.74, 6) is 1.42. The van der Waals surface area contributed by atoms with Crippen LogP contribution in [0.3, 0.4) is 0 Å². The molecule has 0 aliphatic carbocycles. The molecule has 2 aliphatic rings. The third-order valence-electron chi connectivity index (χ3n) is 4.28. The first-order valence-electron chi connectivity index (χ1n) is 7.55. The molecule has 2 fully saturated rings. The van der Waals surface area contributed by atoms with Crippen LogP contribution in [0.1, 0.15) is 32.6 Å². The van der Waals surface area contributed by atoms with Crippen molar-refractivity contribution in [3.8, 4) is 0 Å². The van der Waals surface area contributed by atoms with Crippen LogP contribution >= 0.6 is 12.4 Å². The molecule has 122 valence electrons. The summed E-state index contributed by atoms with van der Waals surface area (Å²) < 4.78 is 5.35. The zero-order chi connectivity index (χ0) is 14.5. The number of nitrogens with zero attached hydrogens (tertiary/aromatic N) is 3. The van der Waals surface area contributed by atoms with E-state index in [1.807, 2.05) is 4.90 Å². The molecule has 1 unspecified atom stereocenters. The molecule has 0 amide bonds. The number of nitrogens with one attached hydrogen (secondary N) is 1. The molecular formula is C14H28ClN5O. The molecule has 0 aromatic heterocycles. The van der Waals surface area contributed by atoms with Crippen LogP contribution in [-0.4, -0.2) is 61.1 Å². The molecule has 6 nitrogen and oxygen atoms in total. The van der Waals surface area contributed by atoms with E-state index in [0.29, 0.717) is 23.9 Å². The molecule has 0 radical (unpaired) electrons. The van der Waals surface area contributed by atoms with Gasteiger partial charge < -0.3 is 20.3 Å². The van der Waals surface area contributed by atoms with Gasteiger partial charge in [0.05, 0.1) is 6.10 Å². The molecule has 2 heterocycles. The van der Waals surface area contributed by atoms with Crippen molar-refractivity contribution >= 4 is 24.3 Å². The van der Waals surface area contributed by atoms with Gasteiger partial charge in [0.15, 0.2) is 5.96 Å². The first-order valence-corrected chi connectivity index (χ1v) is 7.55. The molecule has 0 bridgehead atoms. The summed E-state index contributed by atoms with van der Waals surface area (Å²) in [5, 5.41) is 8.11. The van der Waals surface area contributed by atoms with Crippen molar-refractivity contribution in [2.24, 2.45) is 16.6 Å². The maximum Gasteiger partial charge on any atom is 0.221 e. The van der Waals surface area contributed by atoms with Crippen molar-refractivity contribution in [2.45, 2.75) is 38.7 Å². The molecule has 2 saturated heterocycles. The van der Waals surface area contributed by atoms with Crippen molar-refractivity contribution in [1.82, 2.24) is 9.80 Å². The average Bonchev–Trinajstić information content (AvgIpc) is 2.47. The molecule has 21 heavy (non-hydrogen) atoms. The summed E-state index contributed by atoms with van der Waals surface area (Å²) in [6.45, 7) is 5.78. The number of aliphatic imine (C=N–C) groups is 1. The van der Waals surface area contributed by atoms with Crippen LogP contribution in [0.4, 0.5) is 0 Å². The Morgan fingerprint density at radius 1 is 1.19 bits per heavy atom. The summed E-state index contributed by atoms with van der Waals surface area (Å²) in [5.41, 5.74) is 6.05. The quantitative estimate of drug-likeness (QED) is 0.567. The average molecular weight is 318 g/mol. The van der Waals surface area contributed by atoms with Gasteiger partial charge in [-0.25, -0.2) is 0 Å². The monoisotopic (exact) mass is 317 g/mol. The normalized spacial score (nSPS) is 24.7. The van der Waals surface area contributed by atoms with E-state index in [1.165, 1.54) is 6.42 Å². The second-order valence-electron chi connectivity index (χ2n) is 5.91. The number of guanidine groups is 2. The second-order valence-corrected chi connectivity index (χ2v) is 5.91. The van der Waals surface area contributed by atoms with E-state index in [4.69, 9.17) is 15.9 Å². The summed E-state index contributed by atoms with van der Waals surface area (Å²) in [6.07, 6.45) is 4.66. The fourth-order valence-corrected chi connectivity index (χ4v) is 2.95. The number of ether oxygens (including phenoxy) is 1. The van der Waals surface area contributed by atoms with Crippen LogP contribution < -0.4 is 5.73 Å². The van der Waals surface area contributed by atoms with Crippen LogP contribution in [0.25, 0.3) is 0 Å². The lowest BCUT2D eigenvalue weighted by Gasteiger charge is -2.33. The number of piperidine rings is 2. The minimum atomic E-state index is 0. The van der Waals surface area contributed by atoms with E-state index in [1.54, 1.807) is 7.11 Å². The van der Waals surface area contributed by atoms with E-state index in [-0.39, 0.29) is 12.4 Å². The van der Waals surface area contributed by atoms with E-state index in [2.05, 4.69) is 16.8 Å². The molecule has 2 rings (SSSR count). The minimum absolute atomic E-state index is 0. The number of halogens is 1. The van der Waals surface area contributed by atoms with Crippen LogP contribution in [0, 0.1) is 11.3 Å². The number of likely N-dealkylation sites (tertiary alicyclic amines) is 2. The minimum Gasteiger partial charge on any atom is -0.381 e. The van der Waals surface area contributed by atoms with E-state index in [9.17, 15) is 0 Å². The van der Waals surface area contributed by atoms with Crippen molar-refractivity contribution < 1.29 is 4.74 Å². The van der Waals surface area contributed by atoms with Crippen LogP contribution in [0.5, 0.6) is 0 Å². The van der Waals surface area contributed by atoms with Gasteiger partial charge in [0.2, 0.25) is 5.96 Å². The van der Waals surface area contributed by atoms with Gasteiger partial charge in [-0.1, -0.05) is 6.92 Å². The van der Waals surface area contributed by atoms with Gasteiger partial charge in [-0.3, -0.25) is 5.41 Å². The predicted molar refractivity (Wildman–Crippen MR) is 88.2 cm³/mol. The largest absolute Gasteiger partial charge is 0.381 e. The Balaban J connectivity index is 0.00000220. The Labute approximate surface area is 133 Å². The fourth-order valence-electron chi connectivity index (χ4n) is 2.95. The third kappa shape index (κ3) is 5.04. The number of nitrogens with two attached hydrogens (primary N) is 1. The van der Waals surface area contributed by atoms with Gasteiger partial charge in [-0.15, -0.1) is 12.4 Å². The second kappa shape index (κ2) is 8.44. The fraction of sp³-hybridized carbons (Fsp3) is 0.857. The van der Waals surface area contributed by atoms with Crippen molar-refractivity contribution in [3.05, 3.63) is 0 Å². The Kier molecular flexibility index (Phi) is 7.25. The molecular weight excluding hydrogens is 290 g/mol. The Morgan fingerprint density at radius 3 is 2.43 bits per heavy atom. The standard InChI is InChI=1S/C14H27N5O.ClH/c1-11-4-3-7-19(10-11)14(16)17-13(15)18-8-5-12(20-2)6-9-18;/h11-12H,3-10H2,1-2H3,(H3,15,16,17);1H. The van der Waals surface area contributed by atoms with E-state index >= 15 is 0 Å². The topological polar surface area (TPSA) is 77.9 Å². The molecule has 7 heteroatoms. The zero-order valence-corrected chi connectivity index (χ0v) is 13.9. The highest BCUT2D eigenvalue weighted by molar-refractivity contribution is 5.92. The Hall–Kier alpha value is -1.01. The third-order valence-corrected chi connectivity index (χ3v) is 4.28. The first-order chi connectivity index (χ1) is 9.60. The van der Waals surface area contributed by atoms with Gasteiger partial charge in [-0.05, 0) is 31.6 Å². The summed E-state index contributed by atoms with van der Waals surface area (Å²) in [4.78, 5) is 8.38. The lowest BCUT2D eigenvalue weighted by atomic mass is 10.0. The van der Waals surface area contributed by atoms with Crippen LogP contribution in [0.15, 0.2) is 4.99 Å². The Bertz CT molecular complexity index is 368. The van der Waals surface area contributed by atoms with Gasteiger partial charge in [0.25, 0.3) is 0 Å². The summed E-state index contributed by atoms with van der Waals surface area (Å²) in [7, 11) is 1.75. The van der Waals surface area contributed by atoms with Gasteiger partial charge >= 0.3 is 0 Å². The van der Waals surface area contributed by atoms with Crippen LogP contribution in [-0.2, 0) is 4.74 Å². The lowest BCUT2D eigenvalue weighted by Crippen LogP contribution is -2.46. The molecule has 0 aromatic rings. The maximum absolute atomic E-state index is 8.11. The number of methoxy groups -OCH3 is 1. The van der Waals surface area contributed by atoms with Gasteiger partial charge in [0, 0.05) is 33.3 Å². The van der Waals surface area contributed by atoms with Gasteiger partial charge in [0.1, 0.15) is 0 Å². The van der Waals surface area contributed by atoms with Crippen molar-refractivity contribution in [1.29, 1.82) is 5.41 Å². The maximum atomic E-state index is 8.11. The molecule has 1 atom stereocenters. The first kappa shape index (κ1) is 18.0. The summed E-state index contributed by atoms with van der Waals surface area (Å²) in [6, 6.07) is 0. The van der Waals surface area contributed by atoms with E-state index < -0.39 is 0 Å². The summed E-state index contributed by atoms with van der Waals surface area (Å²) >= 11 is 0. The predicted octanol–water partition coefficient (Wildman–Crippen LogP) is 1.50. The Morgan fingerprint density at radius 2 is 1.86 bits per heavy atom. The van der Waals surface area contributed by atoms with Crippen LogP contribution in [0.2, 0.25) is 0 Å². The highest BCUT2D eigenvalue weighted by Gasteiger charge is 2.22. The number of rotatable bonds is 1. The molecule has 3 N–H and O–H groups in total. The zero-order valence-electron chi connectivity index (χ0n) is 13.0. The molecule has 0 saturated carbocycles.